The quantitative estimate of drug-likeness (QED) is 0.621. The molecule has 1 amide bonds. The molecule has 2 heterocycles. The van der Waals surface area contributed by atoms with Gasteiger partial charge in [0.2, 0.25) is 0 Å². The molecule has 1 aliphatic rings. The number of aryl methyl sites for hydroxylation is 1. The third kappa shape index (κ3) is 1.65. The molecule has 0 N–H and O–H groups in total. The number of hydrogen-bond donors (Lipinski definition) is 0. The van der Waals surface area contributed by atoms with Gasteiger partial charge in [0.05, 0.1) is 0 Å². The van der Waals surface area contributed by atoms with Crippen molar-refractivity contribution in [1.82, 2.24) is 14.8 Å². The summed E-state index contributed by atoms with van der Waals surface area (Å²) in [5, 5.41) is 4.21. The fourth-order valence-electron chi connectivity index (χ4n) is 1.65. The lowest BCUT2D eigenvalue weighted by Gasteiger charge is -2.26. The molecule has 0 bridgehead atoms. The Morgan fingerprint density at radius 3 is 2.71 bits per heavy atom. The molecule has 0 unspecified atom stereocenters. The van der Waals surface area contributed by atoms with E-state index in [9.17, 15) is 4.79 Å². The monoisotopic (exact) mass is 192 g/mol. The Bertz CT molecular complexity index is 326. The van der Waals surface area contributed by atoms with Gasteiger partial charge in [-0.25, -0.2) is 5.32 Å². The minimum absolute atomic E-state index is 0.118. The van der Waals surface area contributed by atoms with Crippen molar-refractivity contribution in [3.05, 3.63) is 24.0 Å². The summed E-state index contributed by atoms with van der Waals surface area (Å²) in [5.41, 5.74) is 0.756. The summed E-state index contributed by atoms with van der Waals surface area (Å²) in [5.74, 6) is 0.118. The third-order valence-electron chi connectivity index (χ3n) is 2.51. The zero-order valence-corrected chi connectivity index (χ0v) is 8.31. The van der Waals surface area contributed by atoms with Crippen LogP contribution in [0.3, 0.4) is 0 Å². The lowest BCUT2D eigenvalue weighted by molar-refractivity contribution is 0.0724. The Morgan fingerprint density at radius 1 is 1.43 bits per heavy atom. The second-order valence-corrected chi connectivity index (χ2v) is 3.47. The molecule has 0 saturated carbocycles. The molecule has 14 heavy (non-hydrogen) atoms. The molecule has 4 heteroatoms. The summed E-state index contributed by atoms with van der Waals surface area (Å²) in [6.45, 7) is 3.06. The zero-order valence-electron chi connectivity index (χ0n) is 8.31. The number of aromatic nitrogens is 1. The van der Waals surface area contributed by atoms with Gasteiger partial charge in [-0.05, 0) is 12.1 Å². The maximum absolute atomic E-state index is 11.9. The molecule has 0 aliphatic carbocycles. The number of rotatable bonds is 1. The second kappa shape index (κ2) is 3.84. The van der Waals surface area contributed by atoms with E-state index in [0.29, 0.717) is 0 Å². The Labute approximate surface area is 83.5 Å². The second-order valence-electron chi connectivity index (χ2n) is 3.47. The van der Waals surface area contributed by atoms with E-state index >= 15 is 0 Å². The van der Waals surface area contributed by atoms with Crippen LogP contribution in [0.1, 0.15) is 10.5 Å². The highest BCUT2D eigenvalue weighted by Crippen LogP contribution is 2.06. The number of nitrogens with zero attached hydrogens (tertiary/aromatic N) is 3. The first-order valence-corrected chi connectivity index (χ1v) is 4.83. The molecule has 1 fully saturated rings. The van der Waals surface area contributed by atoms with Crippen LogP contribution in [0.2, 0.25) is 0 Å². The Morgan fingerprint density at radius 2 is 2.14 bits per heavy atom. The summed E-state index contributed by atoms with van der Waals surface area (Å²) < 4.78 is 1.86. The molecule has 1 aromatic heterocycles. The normalized spacial score (nSPS) is 17.1. The maximum Gasteiger partial charge on any atom is 0.270 e. The van der Waals surface area contributed by atoms with Crippen molar-refractivity contribution in [1.29, 1.82) is 0 Å². The first kappa shape index (κ1) is 9.27. The highest BCUT2D eigenvalue weighted by molar-refractivity contribution is 5.92. The first-order chi connectivity index (χ1) is 6.79. The van der Waals surface area contributed by atoms with Crippen molar-refractivity contribution < 1.29 is 4.79 Å². The SMILES string of the molecule is Cn1cccc1C(=O)N1CC[N]CC1. The van der Waals surface area contributed by atoms with Gasteiger partial charge in [0, 0.05) is 39.4 Å². The van der Waals surface area contributed by atoms with E-state index < -0.39 is 0 Å². The summed E-state index contributed by atoms with van der Waals surface area (Å²) in [6, 6.07) is 3.75. The number of carbonyl (C=O) groups is 1. The maximum atomic E-state index is 11.9. The van der Waals surface area contributed by atoms with Gasteiger partial charge in [-0.3, -0.25) is 4.79 Å². The van der Waals surface area contributed by atoms with Gasteiger partial charge in [-0.1, -0.05) is 0 Å². The van der Waals surface area contributed by atoms with E-state index in [4.69, 9.17) is 0 Å². The van der Waals surface area contributed by atoms with E-state index in [1.807, 2.05) is 34.8 Å². The van der Waals surface area contributed by atoms with Gasteiger partial charge < -0.3 is 9.47 Å². The van der Waals surface area contributed by atoms with Crippen LogP contribution in [-0.4, -0.2) is 41.6 Å². The predicted molar refractivity (Wildman–Crippen MR) is 53.2 cm³/mol. The van der Waals surface area contributed by atoms with Crippen molar-refractivity contribution >= 4 is 5.91 Å². The van der Waals surface area contributed by atoms with E-state index in [-0.39, 0.29) is 5.91 Å². The lowest BCUT2D eigenvalue weighted by Crippen LogP contribution is -2.44. The van der Waals surface area contributed by atoms with E-state index in [1.165, 1.54) is 0 Å². The largest absolute Gasteiger partial charge is 0.347 e. The molecule has 1 saturated heterocycles. The molecule has 2 rings (SSSR count). The van der Waals surface area contributed by atoms with Crippen molar-refractivity contribution in [2.75, 3.05) is 26.2 Å². The Balaban J connectivity index is 2.11. The highest BCUT2D eigenvalue weighted by Gasteiger charge is 2.19. The number of amides is 1. The zero-order chi connectivity index (χ0) is 9.97. The van der Waals surface area contributed by atoms with Crippen molar-refractivity contribution in [2.24, 2.45) is 7.05 Å². The van der Waals surface area contributed by atoms with Crippen LogP contribution in [-0.2, 0) is 7.05 Å². The number of hydrogen-bond acceptors (Lipinski definition) is 1. The summed E-state index contributed by atoms with van der Waals surface area (Å²) in [7, 11) is 1.89. The van der Waals surface area contributed by atoms with Crippen LogP contribution in [0.4, 0.5) is 0 Å². The first-order valence-electron chi connectivity index (χ1n) is 4.83. The topological polar surface area (TPSA) is 39.3 Å². The molecular weight excluding hydrogens is 178 g/mol. The van der Waals surface area contributed by atoms with E-state index in [0.717, 1.165) is 31.9 Å². The smallest absolute Gasteiger partial charge is 0.270 e. The van der Waals surface area contributed by atoms with Gasteiger partial charge in [-0.2, -0.15) is 0 Å². The van der Waals surface area contributed by atoms with Gasteiger partial charge >= 0.3 is 0 Å². The van der Waals surface area contributed by atoms with Crippen LogP contribution in [0, 0.1) is 0 Å². The van der Waals surface area contributed by atoms with Gasteiger partial charge in [0.1, 0.15) is 5.69 Å². The standard InChI is InChI=1S/C10H14N3O/c1-12-6-2-3-9(12)10(14)13-7-4-11-5-8-13/h2-3,6H,4-5,7-8H2,1H3. The molecule has 0 aromatic carbocycles. The molecule has 75 valence electrons. The van der Waals surface area contributed by atoms with Crippen LogP contribution >= 0.6 is 0 Å². The third-order valence-corrected chi connectivity index (χ3v) is 2.51. The molecule has 1 aliphatic heterocycles. The van der Waals surface area contributed by atoms with Crippen molar-refractivity contribution in [3.8, 4) is 0 Å². The van der Waals surface area contributed by atoms with Crippen LogP contribution in [0.25, 0.3) is 0 Å². The molecule has 0 spiro atoms. The summed E-state index contributed by atoms with van der Waals surface area (Å²) in [4.78, 5) is 13.8. The van der Waals surface area contributed by atoms with Gasteiger partial charge in [-0.15, -0.1) is 0 Å². The minimum atomic E-state index is 0.118. The van der Waals surface area contributed by atoms with Crippen LogP contribution in [0.15, 0.2) is 18.3 Å². The van der Waals surface area contributed by atoms with Crippen molar-refractivity contribution in [2.45, 2.75) is 0 Å². The van der Waals surface area contributed by atoms with Crippen LogP contribution in [0.5, 0.6) is 0 Å². The molecule has 4 nitrogen and oxygen atoms in total. The predicted octanol–water partition coefficient (Wildman–Crippen LogP) is 0.0853. The van der Waals surface area contributed by atoms with Crippen molar-refractivity contribution in [3.63, 3.8) is 0 Å². The number of piperazine rings is 1. The Kier molecular flexibility index (Phi) is 2.54. The van der Waals surface area contributed by atoms with E-state index in [1.54, 1.807) is 0 Å². The fourth-order valence-corrected chi connectivity index (χ4v) is 1.65. The lowest BCUT2D eigenvalue weighted by atomic mass is 10.3. The molecule has 1 aromatic rings. The minimum Gasteiger partial charge on any atom is -0.347 e. The van der Waals surface area contributed by atoms with Crippen LogP contribution < -0.4 is 5.32 Å². The summed E-state index contributed by atoms with van der Waals surface area (Å²) >= 11 is 0. The van der Waals surface area contributed by atoms with Gasteiger partial charge in [0.15, 0.2) is 0 Å². The highest BCUT2D eigenvalue weighted by atomic mass is 16.2. The average molecular weight is 192 g/mol. The Hall–Kier alpha value is -1.29. The van der Waals surface area contributed by atoms with E-state index in [2.05, 4.69) is 5.32 Å². The van der Waals surface area contributed by atoms with Gasteiger partial charge in [0.25, 0.3) is 5.91 Å². The molecular formula is C10H14N3O. The average Bonchev–Trinajstić information content (AvgIpc) is 2.65. The fraction of sp³-hybridized carbons (Fsp3) is 0.500. The summed E-state index contributed by atoms with van der Waals surface area (Å²) in [6.07, 6.45) is 1.89. The number of carbonyl (C=O) groups excluding carboxylic acids is 1. The molecule has 0 atom stereocenters. The molecule has 1 radical (unpaired) electrons.